The average Bonchev–Trinajstić information content (AvgIpc) is 2.71. The number of ketones is 1. The highest BCUT2D eigenvalue weighted by Crippen LogP contribution is 2.29. The Balaban J connectivity index is 1.85. The van der Waals surface area contributed by atoms with Crippen LogP contribution in [-0.4, -0.2) is 36.9 Å². The number of hydrogen-bond acceptors (Lipinski definition) is 5. The highest BCUT2D eigenvalue weighted by molar-refractivity contribution is 6.00. The minimum atomic E-state index is -4.51. The number of rotatable bonds is 8. The molecule has 30 heavy (non-hydrogen) atoms. The monoisotopic (exact) mass is 423 g/mol. The predicted molar refractivity (Wildman–Crippen MR) is 101 cm³/mol. The van der Waals surface area contributed by atoms with E-state index in [2.05, 4.69) is 5.32 Å². The van der Waals surface area contributed by atoms with Gasteiger partial charge in [-0.1, -0.05) is 0 Å². The molecule has 2 aromatic rings. The highest BCUT2D eigenvalue weighted by Gasteiger charge is 2.30. The van der Waals surface area contributed by atoms with Crippen LogP contribution in [0.5, 0.6) is 5.75 Å². The van der Waals surface area contributed by atoms with E-state index in [0.717, 1.165) is 24.3 Å². The molecule has 2 aromatic carbocycles. The highest BCUT2D eigenvalue weighted by atomic mass is 19.4. The third-order valence-corrected chi connectivity index (χ3v) is 3.99. The van der Waals surface area contributed by atoms with Gasteiger partial charge in [0.05, 0.1) is 12.2 Å². The Labute approximate surface area is 171 Å². The van der Waals surface area contributed by atoms with Gasteiger partial charge in [0.15, 0.2) is 6.10 Å². The van der Waals surface area contributed by atoms with E-state index in [9.17, 15) is 27.6 Å². The van der Waals surface area contributed by atoms with E-state index >= 15 is 0 Å². The van der Waals surface area contributed by atoms with Crippen molar-refractivity contribution in [2.24, 2.45) is 0 Å². The minimum absolute atomic E-state index is 0.0469. The molecular formula is C21H20F3NO5. The quantitative estimate of drug-likeness (QED) is 0.518. The van der Waals surface area contributed by atoms with Crippen LogP contribution in [0.15, 0.2) is 48.5 Å². The van der Waals surface area contributed by atoms with Gasteiger partial charge < -0.3 is 14.8 Å². The van der Waals surface area contributed by atoms with E-state index in [1.165, 1.54) is 6.92 Å². The molecule has 0 fully saturated rings. The zero-order valence-corrected chi connectivity index (χ0v) is 16.3. The molecule has 160 valence electrons. The SMILES string of the molecule is CCOc1ccc(C(=O)C(C)OC(=O)CNC(=O)c2ccc(C(F)(F)F)cc2)cc1. The third-order valence-electron chi connectivity index (χ3n) is 3.99. The first-order chi connectivity index (χ1) is 14.1. The summed E-state index contributed by atoms with van der Waals surface area (Å²) in [6.07, 6.45) is -5.59. The molecule has 1 N–H and O–H groups in total. The van der Waals surface area contributed by atoms with Crippen molar-refractivity contribution in [1.29, 1.82) is 0 Å². The van der Waals surface area contributed by atoms with E-state index in [1.807, 2.05) is 6.92 Å². The van der Waals surface area contributed by atoms with Gasteiger partial charge in [0, 0.05) is 11.1 Å². The fourth-order valence-corrected chi connectivity index (χ4v) is 2.47. The van der Waals surface area contributed by atoms with Crippen molar-refractivity contribution in [3.8, 4) is 5.75 Å². The first-order valence-corrected chi connectivity index (χ1v) is 9.03. The van der Waals surface area contributed by atoms with Crippen molar-refractivity contribution in [2.45, 2.75) is 26.1 Å². The Bertz CT molecular complexity index is 892. The summed E-state index contributed by atoms with van der Waals surface area (Å²) in [6.45, 7) is 3.17. The summed E-state index contributed by atoms with van der Waals surface area (Å²) >= 11 is 0. The van der Waals surface area contributed by atoms with Gasteiger partial charge in [-0.2, -0.15) is 13.2 Å². The molecule has 0 saturated carbocycles. The number of Topliss-reactive ketones (excluding diaryl/α,β-unsaturated/α-hetero) is 1. The van der Waals surface area contributed by atoms with Crippen molar-refractivity contribution in [1.82, 2.24) is 5.32 Å². The van der Waals surface area contributed by atoms with Crippen LogP contribution in [0, 0.1) is 0 Å². The van der Waals surface area contributed by atoms with Crippen LogP contribution in [0.2, 0.25) is 0 Å². The number of carbonyl (C=O) groups is 3. The van der Waals surface area contributed by atoms with Gasteiger partial charge in [-0.25, -0.2) is 0 Å². The molecule has 0 bridgehead atoms. The number of carbonyl (C=O) groups excluding carboxylic acids is 3. The number of halogens is 3. The number of nitrogens with one attached hydrogen (secondary N) is 1. The maximum Gasteiger partial charge on any atom is 0.416 e. The van der Waals surface area contributed by atoms with Gasteiger partial charge in [-0.15, -0.1) is 0 Å². The Morgan fingerprint density at radius 1 is 0.967 bits per heavy atom. The number of ether oxygens (including phenoxy) is 2. The molecule has 6 nitrogen and oxygen atoms in total. The van der Waals surface area contributed by atoms with Crippen LogP contribution in [0.25, 0.3) is 0 Å². The van der Waals surface area contributed by atoms with Gasteiger partial charge in [0.1, 0.15) is 12.3 Å². The molecule has 2 rings (SSSR count). The number of benzene rings is 2. The average molecular weight is 423 g/mol. The zero-order valence-electron chi connectivity index (χ0n) is 16.3. The van der Waals surface area contributed by atoms with Gasteiger partial charge in [-0.05, 0) is 62.4 Å². The minimum Gasteiger partial charge on any atom is -0.494 e. The Hall–Kier alpha value is -3.36. The summed E-state index contributed by atoms with van der Waals surface area (Å²) in [5.74, 6) is -1.43. The lowest BCUT2D eigenvalue weighted by Gasteiger charge is -2.13. The molecule has 1 unspecified atom stereocenters. The summed E-state index contributed by atoms with van der Waals surface area (Å²) < 4.78 is 47.9. The molecule has 9 heteroatoms. The fraction of sp³-hybridized carbons (Fsp3) is 0.286. The van der Waals surface area contributed by atoms with Crippen LogP contribution in [0.3, 0.4) is 0 Å². The van der Waals surface area contributed by atoms with E-state index < -0.39 is 42.0 Å². The standard InChI is InChI=1S/C21H20F3NO5/c1-3-29-17-10-6-14(7-11-17)19(27)13(2)30-18(26)12-25-20(28)15-4-8-16(9-5-15)21(22,23)24/h4-11,13H,3,12H2,1-2H3,(H,25,28). The Morgan fingerprint density at radius 3 is 2.07 bits per heavy atom. The van der Waals surface area contributed by atoms with E-state index in [-0.39, 0.29) is 5.56 Å². The van der Waals surface area contributed by atoms with Crippen molar-refractivity contribution in [2.75, 3.05) is 13.2 Å². The smallest absolute Gasteiger partial charge is 0.416 e. The lowest BCUT2D eigenvalue weighted by atomic mass is 10.1. The lowest BCUT2D eigenvalue weighted by Crippen LogP contribution is -2.34. The summed E-state index contributed by atoms with van der Waals surface area (Å²) in [5, 5.41) is 2.24. The molecule has 0 aromatic heterocycles. The zero-order chi connectivity index (χ0) is 22.3. The van der Waals surface area contributed by atoms with E-state index in [4.69, 9.17) is 9.47 Å². The van der Waals surface area contributed by atoms with Gasteiger partial charge in [0.25, 0.3) is 5.91 Å². The molecule has 0 heterocycles. The van der Waals surface area contributed by atoms with Crippen LogP contribution in [-0.2, 0) is 15.7 Å². The van der Waals surface area contributed by atoms with Gasteiger partial charge >= 0.3 is 12.1 Å². The Kier molecular flexibility index (Phi) is 7.57. The van der Waals surface area contributed by atoms with Crippen LogP contribution in [0.1, 0.15) is 40.1 Å². The maximum atomic E-state index is 12.5. The van der Waals surface area contributed by atoms with Gasteiger partial charge in [-0.3, -0.25) is 14.4 Å². The molecule has 1 atom stereocenters. The van der Waals surface area contributed by atoms with E-state index in [0.29, 0.717) is 17.9 Å². The molecule has 0 radical (unpaired) electrons. The third kappa shape index (κ3) is 6.33. The number of amides is 1. The molecule has 0 aliphatic rings. The summed E-state index contributed by atoms with van der Waals surface area (Å²) in [4.78, 5) is 36.2. The van der Waals surface area contributed by atoms with Crippen molar-refractivity contribution >= 4 is 17.7 Å². The van der Waals surface area contributed by atoms with Crippen LogP contribution < -0.4 is 10.1 Å². The number of hydrogen-bond donors (Lipinski definition) is 1. The molecule has 0 saturated heterocycles. The largest absolute Gasteiger partial charge is 0.494 e. The summed E-state index contributed by atoms with van der Waals surface area (Å²) in [7, 11) is 0. The maximum absolute atomic E-state index is 12.5. The first kappa shape index (κ1) is 22.9. The second-order valence-corrected chi connectivity index (χ2v) is 6.21. The van der Waals surface area contributed by atoms with E-state index in [1.54, 1.807) is 24.3 Å². The lowest BCUT2D eigenvalue weighted by molar-refractivity contribution is -0.145. The summed E-state index contributed by atoms with van der Waals surface area (Å²) in [6, 6.07) is 9.87. The second-order valence-electron chi connectivity index (χ2n) is 6.21. The van der Waals surface area contributed by atoms with Crippen molar-refractivity contribution < 1.29 is 37.0 Å². The molecule has 0 aliphatic heterocycles. The molecule has 1 amide bonds. The number of esters is 1. The van der Waals surface area contributed by atoms with Crippen molar-refractivity contribution in [3.63, 3.8) is 0 Å². The molecule has 0 spiro atoms. The molecular weight excluding hydrogens is 403 g/mol. The Morgan fingerprint density at radius 2 is 1.53 bits per heavy atom. The van der Waals surface area contributed by atoms with Gasteiger partial charge in [0.2, 0.25) is 5.78 Å². The predicted octanol–water partition coefficient (Wildman–Crippen LogP) is 3.65. The van der Waals surface area contributed by atoms with Crippen LogP contribution in [0.4, 0.5) is 13.2 Å². The topological polar surface area (TPSA) is 81.7 Å². The van der Waals surface area contributed by atoms with Crippen LogP contribution >= 0.6 is 0 Å². The first-order valence-electron chi connectivity index (χ1n) is 9.03. The second kappa shape index (κ2) is 9.91. The molecule has 0 aliphatic carbocycles. The fourth-order valence-electron chi connectivity index (χ4n) is 2.47. The number of alkyl halides is 3. The normalized spacial score (nSPS) is 12.0. The van der Waals surface area contributed by atoms with Crippen molar-refractivity contribution in [3.05, 3.63) is 65.2 Å². The summed E-state index contributed by atoms with van der Waals surface area (Å²) in [5.41, 5.74) is -0.609.